The van der Waals surface area contributed by atoms with Gasteiger partial charge in [-0.3, -0.25) is 0 Å². The molecule has 0 amide bonds. The summed E-state index contributed by atoms with van der Waals surface area (Å²) in [6.07, 6.45) is 0. The summed E-state index contributed by atoms with van der Waals surface area (Å²) in [5.74, 6) is 0. The van der Waals surface area contributed by atoms with Crippen molar-refractivity contribution in [2.75, 3.05) is 0 Å². The molecule has 0 aliphatic rings. The largest absolute Gasteiger partial charge is 0.133 e. The van der Waals surface area contributed by atoms with E-state index in [1.54, 1.807) is 0 Å². The number of hydrogen-bond acceptors (Lipinski definition) is 3. The van der Waals surface area contributed by atoms with E-state index in [1.807, 2.05) is 34.0 Å². The van der Waals surface area contributed by atoms with Crippen molar-refractivity contribution in [3.05, 3.63) is 21.3 Å². The zero-order chi connectivity index (χ0) is 8.13. The minimum atomic E-state index is 1.24. The summed E-state index contributed by atoms with van der Waals surface area (Å²) < 4.78 is 4.12. The van der Waals surface area contributed by atoms with Gasteiger partial charge in [0.1, 0.15) is 0 Å². The van der Waals surface area contributed by atoms with Gasteiger partial charge in [0.2, 0.25) is 0 Å². The van der Waals surface area contributed by atoms with E-state index in [2.05, 4.69) is 32.8 Å². The lowest BCUT2D eigenvalue weighted by Gasteiger charge is -1.79. The quantitative estimate of drug-likeness (QED) is 0.545. The summed E-state index contributed by atoms with van der Waals surface area (Å²) in [6.45, 7) is 0. The fourth-order valence-corrected chi connectivity index (χ4v) is 5.65. The van der Waals surface area contributed by atoms with E-state index in [1.165, 1.54) is 23.3 Å². The SMILES string of the molecule is Brc1csc2sc3sccc3c12. The Balaban J connectivity index is 2.71. The van der Waals surface area contributed by atoms with E-state index in [4.69, 9.17) is 0 Å². The molecule has 3 rings (SSSR count). The Hall–Kier alpha value is 0.1000. The first-order chi connectivity index (χ1) is 5.86. The molecule has 0 fully saturated rings. The summed E-state index contributed by atoms with van der Waals surface area (Å²) >= 11 is 9.12. The van der Waals surface area contributed by atoms with Crippen LogP contribution in [0.25, 0.3) is 18.8 Å². The highest BCUT2D eigenvalue weighted by molar-refractivity contribution is 9.10. The molecular formula is C8H3BrS3. The summed E-state index contributed by atoms with van der Waals surface area (Å²) in [5, 5.41) is 7.14. The standard InChI is InChI=1S/C8H3BrS3/c9-5-3-11-8-6(5)4-1-2-10-7(4)12-8/h1-3H. The minimum absolute atomic E-state index is 1.24. The van der Waals surface area contributed by atoms with Crippen LogP contribution in [0.15, 0.2) is 21.3 Å². The molecule has 4 heteroatoms. The molecule has 3 heterocycles. The van der Waals surface area contributed by atoms with Crippen molar-refractivity contribution in [2.45, 2.75) is 0 Å². The van der Waals surface area contributed by atoms with Crippen LogP contribution < -0.4 is 0 Å². The molecule has 0 spiro atoms. The highest BCUT2D eigenvalue weighted by Crippen LogP contribution is 2.44. The van der Waals surface area contributed by atoms with Crippen molar-refractivity contribution < 1.29 is 0 Å². The van der Waals surface area contributed by atoms with Gasteiger partial charge in [0.25, 0.3) is 0 Å². The monoisotopic (exact) mass is 274 g/mol. The van der Waals surface area contributed by atoms with Gasteiger partial charge in [0, 0.05) is 20.6 Å². The molecule has 0 saturated heterocycles. The molecule has 0 bridgehead atoms. The molecule has 0 N–H and O–H groups in total. The Morgan fingerprint density at radius 2 is 2.08 bits per heavy atom. The molecule has 0 aliphatic heterocycles. The summed E-state index contributed by atoms with van der Waals surface area (Å²) in [4.78, 5) is 0. The third-order valence-corrected chi connectivity index (χ3v) is 6.08. The fourth-order valence-electron chi connectivity index (χ4n) is 1.28. The molecule has 12 heavy (non-hydrogen) atoms. The maximum atomic E-state index is 3.57. The van der Waals surface area contributed by atoms with Crippen molar-refractivity contribution in [1.82, 2.24) is 0 Å². The lowest BCUT2D eigenvalue weighted by Crippen LogP contribution is -1.52. The van der Waals surface area contributed by atoms with Gasteiger partial charge in [-0.25, -0.2) is 0 Å². The molecular weight excluding hydrogens is 272 g/mol. The van der Waals surface area contributed by atoms with Crippen molar-refractivity contribution >= 4 is 68.7 Å². The van der Waals surface area contributed by atoms with Crippen LogP contribution in [0.4, 0.5) is 0 Å². The first-order valence-electron chi connectivity index (χ1n) is 3.39. The van der Waals surface area contributed by atoms with Crippen LogP contribution in [0.3, 0.4) is 0 Å². The lowest BCUT2D eigenvalue weighted by molar-refractivity contribution is 2.04. The number of fused-ring (bicyclic) bond motifs is 3. The van der Waals surface area contributed by atoms with E-state index in [0.717, 1.165) is 0 Å². The third kappa shape index (κ3) is 0.865. The van der Waals surface area contributed by atoms with Crippen LogP contribution in [-0.4, -0.2) is 0 Å². The van der Waals surface area contributed by atoms with E-state index in [0.29, 0.717) is 0 Å². The molecule has 0 unspecified atom stereocenters. The van der Waals surface area contributed by atoms with Crippen molar-refractivity contribution in [3.8, 4) is 0 Å². The molecule has 3 aromatic heterocycles. The predicted octanol–water partition coefficient (Wildman–Crippen LogP) is 4.94. The summed E-state index contributed by atoms with van der Waals surface area (Å²) in [6, 6.07) is 2.20. The molecule has 0 aliphatic carbocycles. The highest BCUT2D eigenvalue weighted by atomic mass is 79.9. The second-order valence-electron chi connectivity index (χ2n) is 2.47. The van der Waals surface area contributed by atoms with E-state index < -0.39 is 0 Å². The maximum Gasteiger partial charge on any atom is 0.0898 e. The molecule has 3 aromatic rings. The van der Waals surface area contributed by atoms with Crippen LogP contribution in [-0.2, 0) is 0 Å². The Kier molecular flexibility index (Phi) is 1.59. The molecule has 0 radical (unpaired) electrons. The highest BCUT2D eigenvalue weighted by Gasteiger charge is 2.09. The van der Waals surface area contributed by atoms with Gasteiger partial charge in [0.05, 0.1) is 8.03 Å². The summed E-state index contributed by atoms with van der Waals surface area (Å²) in [5.41, 5.74) is 0. The molecule has 0 nitrogen and oxygen atoms in total. The number of rotatable bonds is 0. The molecule has 60 valence electrons. The van der Waals surface area contributed by atoms with Crippen molar-refractivity contribution in [1.29, 1.82) is 0 Å². The van der Waals surface area contributed by atoms with Gasteiger partial charge in [-0.15, -0.1) is 34.0 Å². The first-order valence-corrected chi connectivity index (χ1v) is 6.76. The number of thiophene rings is 3. The van der Waals surface area contributed by atoms with Crippen LogP contribution >= 0.6 is 49.9 Å². The number of halogens is 1. The zero-order valence-corrected chi connectivity index (χ0v) is 9.87. The lowest BCUT2D eigenvalue weighted by atomic mass is 10.3. The van der Waals surface area contributed by atoms with Crippen LogP contribution in [0.1, 0.15) is 0 Å². The molecule has 0 aromatic carbocycles. The smallest absolute Gasteiger partial charge is 0.0898 e. The topological polar surface area (TPSA) is 0 Å². The first kappa shape index (κ1) is 7.50. The maximum absolute atomic E-state index is 3.57. The summed E-state index contributed by atoms with van der Waals surface area (Å²) in [7, 11) is 0. The van der Waals surface area contributed by atoms with E-state index >= 15 is 0 Å². The Morgan fingerprint density at radius 1 is 1.17 bits per heavy atom. The van der Waals surface area contributed by atoms with Crippen LogP contribution in [0, 0.1) is 0 Å². The third-order valence-electron chi connectivity index (χ3n) is 1.80. The van der Waals surface area contributed by atoms with E-state index in [9.17, 15) is 0 Å². The van der Waals surface area contributed by atoms with Crippen LogP contribution in [0.2, 0.25) is 0 Å². The average Bonchev–Trinajstić information content (AvgIpc) is 2.61. The fraction of sp³-hybridized carbons (Fsp3) is 0. The Morgan fingerprint density at radius 3 is 3.00 bits per heavy atom. The second kappa shape index (κ2) is 2.54. The molecule has 0 atom stereocenters. The average molecular weight is 275 g/mol. The number of hydrogen-bond donors (Lipinski definition) is 0. The predicted molar refractivity (Wildman–Crippen MR) is 62.8 cm³/mol. The van der Waals surface area contributed by atoms with E-state index in [-0.39, 0.29) is 0 Å². The Labute approximate surface area is 89.6 Å². The minimum Gasteiger partial charge on any atom is -0.133 e. The van der Waals surface area contributed by atoms with Gasteiger partial charge >= 0.3 is 0 Å². The van der Waals surface area contributed by atoms with Gasteiger partial charge in [0.15, 0.2) is 0 Å². The zero-order valence-electron chi connectivity index (χ0n) is 5.83. The Bertz CT molecular complexity index is 543. The van der Waals surface area contributed by atoms with Gasteiger partial charge in [-0.05, 0) is 27.4 Å². The van der Waals surface area contributed by atoms with Gasteiger partial charge in [-0.1, -0.05) is 0 Å². The normalized spacial score (nSPS) is 11.8. The van der Waals surface area contributed by atoms with Crippen molar-refractivity contribution in [3.63, 3.8) is 0 Å². The van der Waals surface area contributed by atoms with Gasteiger partial charge < -0.3 is 0 Å². The second-order valence-corrected chi connectivity index (χ2v) is 6.66. The van der Waals surface area contributed by atoms with Crippen LogP contribution in [0.5, 0.6) is 0 Å². The van der Waals surface area contributed by atoms with Gasteiger partial charge in [-0.2, -0.15) is 0 Å². The van der Waals surface area contributed by atoms with Crippen molar-refractivity contribution in [2.24, 2.45) is 0 Å². The molecule has 0 saturated carbocycles.